The van der Waals surface area contributed by atoms with Crippen LogP contribution in [0, 0.1) is 19.8 Å². The van der Waals surface area contributed by atoms with Crippen molar-refractivity contribution in [2.45, 2.75) is 33.2 Å². The van der Waals surface area contributed by atoms with Crippen molar-refractivity contribution in [1.29, 1.82) is 0 Å². The molecule has 3 aromatic rings. The second-order valence-corrected chi connectivity index (χ2v) is 6.47. The molecule has 1 aliphatic heterocycles. The molecular formula is C17H22N6. The van der Waals surface area contributed by atoms with Gasteiger partial charge < -0.3 is 4.90 Å². The predicted molar refractivity (Wildman–Crippen MR) is 89.6 cm³/mol. The lowest BCUT2D eigenvalue weighted by Crippen LogP contribution is -2.36. The molecule has 6 heteroatoms. The molecule has 0 amide bonds. The topological polar surface area (TPSA) is 51.2 Å². The molecule has 23 heavy (non-hydrogen) atoms. The summed E-state index contributed by atoms with van der Waals surface area (Å²) in [5.74, 6) is 1.86. The molecule has 0 spiro atoms. The van der Waals surface area contributed by atoms with E-state index in [1.807, 2.05) is 34.5 Å². The first-order chi connectivity index (χ1) is 11.2. The van der Waals surface area contributed by atoms with Crippen molar-refractivity contribution in [3.8, 4) is 0 Å². The number of piperidine rings is 1. The van der Waals surface area contributed by atoms with Gasteiger partial charge in [0.15, 0.2) is 5.65 Å². The van der Waals surface area contributed by atoms with Crippen LogP contribution in [0.3, 0.4) is 0 Å². The van der Waals surface area contributed by atoms with Gasteiger partial charge in [-0.25, -0.2) is 4.98 Å². The number of rotatable bonds is 3. The molecule has 120 valence electrons. The first-order valence-corrected chi connectivity index (χ1v) is 8.25. The van der Waals surface area contributed by atoms with Crippen LogP contribution in [0.15, 0.2) is 30.6 Å². The van der Waals surface area contributed by atoms with E-state index in [1.54, 1.807) is 0 Å². The van der Waals surface area contributed by atoms with Crippen molar-refractivity contribution >= 4 is 11.5 Å². The highest BCUT2D eigenvalue weighted by Crippen LogP contribution is 2.25. The summed E-state index contributed by atoms with van der Waals surface area (Å²) in [6.07, 6.45) is 6.27. The largest absolute Gasteiger partial charge is 0.356 e. The first kappa shape index (κ1) is 14.2. The maximum absolute atomic E-state index is 4.61. The van der Waals surface area contributed by atoms with Crippen molar-refractivity contribution in [1.82, 2.24) is 24.4 Å². The molecule has 4 heterocycles. The van der Waals surface area contributed by atoms with E-state index in [1.165, 1.54) is 12.8 Å². The molecule has 0 unspecified atom stereocenters. The summed E-state index contributed by atoms with van der Waals surface area (Å²) in [6.45, 7) is 7.21. The average molecular weight is 310 g/mol. The Morgan fingerprint density at radius 2 is 1.96 bits per heavy atom. The summed E-state index contributed by atoms with van der Waals surface area (Å²) in [4.78, 5) is 7.02. The molecule has 3 aromatic heterocycles. The summed E-state index contributed by atoms with van der Waals surface area (Å²) >= 11 is 0. The second kappa shape index (κ2) is 5.68. The number of hydrogen-bond donors (Lipinski definition) is 0. The molecule has 0 atom stereocenters. The minimum atomic E-state index is 0.698. The molecule has 0 aliphatic carbocycles. The maximum Gasteiger partial charge on any atom is 0.157 e. The zero-order valence-electron chi connectivity index (χ0n) is 13.7. The molecule has 6 nitrogen and oxygen atoms in total. The highest BCUT2D eigenvalue weighted by Gasteiger charge is 2.22. The summed E-state index contributed by atoms with van der Waals surface area (Å²) < 4.78 is 4.03. The third-order valence-corrected chi connectivity index (χ3v) is 4.60. The van der Waals surface area contributed by atoms with Gasteiger partial charge in [-0.15, -0.1) is 0 Å². The molecule has 1 saturated heterocycles. The van der Waals surface area contributed by atoms with Crippen LogP contribution in [-0.2, 0) is 6.54 Å². The van der Waals surface area contributed by atoms with Crippen LogP contribution in [-0.4, -0.2) is 37.5 Å². The number of anilines is 1. The van der Waals surface area contributed by atoms with Crippen molar-refractivity contribution in [2.75, 3.05) is 18.0 Å². The molecule has 0 bridgehead atoms. The van der Waals surface area contributed by atoms with Gasteiger partial charge in [-0.3, -0.25) is 4.68 Å². The number of fused-ring (bicyclic) bond motifs is 1. The van der Waals surface area contributed by atoms with E-state index in [2.05, 4.69) is 39.3 Å². The normalized spacial score (nSPS) is 16.3. The lowest BCUT2D eigenvalue weighted by molar-refractivity contribution is 0.341. The smallest absolute Gasteiger partial charge is 0.157 e. The van der Waals surface area contributed by atoms with Crippen molar-refractivity contribution in [3.05, 3.63) is 42.0 Å². The van der Waals surface area contributed by atoms with Crippen LogP contribution >= 0.6 is 0 Å². The van der Waals surface area contributed by atoms with Gasteiger partial charge in [-0.2, -0.15) is 14.7 Å². The van der Waals surface area contributed by atoms with E-state index in [-0.39, 0.29) is 0 Å². The standard InChI is InChI=1S/C17H22N6/c1-13-11-17(23-16(19-13)10-14(2)20-23)21-8-4-15(5-9-21)12-22-7-3-6-18-22/h3,6-7,10-11,15H,4-5,8-9,12H2,1-2H3. The zero-order valence-corrected chi connectivity index (χ0v) is 13.7. The minimum Gasteiger partial charge on any atom is -0.356 e. The Morgan fingerprint density at radius 3 is 2.70 bits per heavy atom. The molecular weight excluding hydrogens is 288 g/mol. The van der Waals surface area contributed by atoms with Crippen molar-refractivity contribution < 1.29 is 0 Å². The minimum absolute atomic E-state index is 0.698. The predicted octanol–water partition coefficient (Wildman–Crippen LogP) is 2.46. The number of aryl methyl sites for hydroxylation is 2. The summed E-state index contributed by atoms with van der Waals surface area (Å²) in [5.41, 5.74) is 3.00. The Bertz CT molecular complexity index is 796. The zero-order chi connectivity index (χ0) is 15.8. The van der Waals surface area contributed by atoms with E-state index >= 15 is 0 Å². The van der Waals surface area contributed by atoms with Gasteiger partial charge >= 0.3 is 0 Å². The third-order valence-electron chi connectivity index (χ3n) is 4.60. The Kier molecular flexibility index (Phi) is 3.52. The molecule has 1 fully saturated rings. The summed E-state index contributed by atoms with van der Waals surface area (Å²) in [6, 6.07) is 6.18. The van der Waals surface area contributed by atoms with E-state index in [0.717, 1.165) is 42.5 Å². The van der Waals surface area contributed by atoms with Gasteiger partial charge in [-0.1, -0.05) is 0 Å². The van der Waals surface area contributed by atoms with Crippen molar-refractivity contribution in [3.63, 3.8) is 0 Å². The number of aromatic nitrogens is 5. The second-order valence-electron chi connectivity index (χ2n) is 6.47. The van der Waals surface area contributed by atoms with E-state index in [0.29, 0.717) is 5.92 Å². The lowest BCUT2D eigenvalue weighted by Gasteiger charge is -2.33. The number of hydrogen-bond acceptors (Lipinski definition) is 4. The molecule has 0 radical (unpaired) electrons. The molecule has 0 aromatic carbocycles. The quantitative estimate of drug-likeness (QED) is 0.746. The monoisotopic (exact) mass is 310 g/mol. The Balaban J connectivity index is 1.52. The maximum atomic E-state index is 4.61. The van der Waals surface area contributed by atoms with Gasteiger partial charge in [-0.05, 0) is 38.7 Å². The fraction of sp³-hybridized carbons (Fsp3) is 0.471. The molecule has 4 rings (SSSR count). The van der Waals surface area contributed by atoms with Crippen LogP contribution in [0.5, 0.6) is 0 Å². The van der Waals surface area contributed by atoms with E-state index in [9.17, 15) is 0 Å². The third kappa shape index (κ3) is 2.81. The molecule has 1 aliphatic rings. The Hall–Kier alpha value is -2.37. The summed E-state index contributed by atoms with van der Waals surface area (Å²) in [5, 5.41) is 8.93. The van der Waals surface area contributed by atoms with Gasteiger partial charge in [0.1, 0.15) is 5.82 Å². The van der Waals surface area contributed by atoms with Crippen molar-refractivity contribution in [2.24, 2.45) is 5.92 Å². The van der Waals surface area contributed by atoms with Crippen LogP contribution < -0.4 is 4.90 Å². The molecule has 0 saturated carbocycles. The van der Waals surface area contributed by atoms with E-state index in [4.69, 9.17) is 0 Å². The van der Waals surface area contributed by atoms with Gasteiger partial charge in [0.05, 0.1) is 5.69 Å². The van der Waals surface area contributed by atoms with Gasteiger partial charge in [0.2, 0.25) is 0 Å². The van der Waals surface area contributed by atoms with E-state index < -0.39 is 0 Å². The lowest BCUT2D eigenvalue weighted by atomic mass is 9.97. The summed E-state index contributed by atoms with van der Waals surface area (Å²) in [7, 11) is 0. The fourth-order valence-corrected chi connectivity index (χ4v) is 3.44. The van der Waals surface area contributed by atoms with Crippen LogP contribution in [0.25, 0.3) is 5.65 Å². The fourth-order valence-electron chi connectivity index (χ4n) is 3.44. The average Bonchev–Trinajstić information content (AvgIpc) is 3.16. The first-order valence-electron chi connectivity index (χ1n) is 8.25. The highest BCUT2D eigenvalue weighted by atomic mass is 15.4. The van der Waals surface area contributed by atoms with Crippen LogP contribution in [0.1, 0.15) is 24.2 Å². The van der Waals surface area contributed by atoms with Gasteiger partial charge in [0.25, 0.3) is 0 Å². The Labute approximate surface area is 135 Å². The number of nitrogens with zero attached hydrogens (tertiary/aromatic N) is 6. The van der Waals surface area contributed by atoms with Crippen LogP contribution in [0.4, 0.5) is 5.82 Å². The molecule has 0 N–H and O–H groups in total. The Morgan fingerprint density at radius 1 is 1.13 bits per heavy atom. The van der Waals surface area contributed by atoms with Gasteiger partial charge in [0, 0.05) is 49.9 Å². The van der Waals surface area contributed by atoms with Crippen LogP contribution in [0.2, 0.25) is 0 Å². The SMILES string of the molecule is Cc1cc(N2CCC(Cn3cccn3)CC2)n2nc(C)cc2n1. The highest BCUT2D eigenvalue weighted by molar-refractivity contribution is 5.52.